The van der Waals surface area contributed by atoms with Gasteiger partial charge in [-0.25, -0.2) is 19.6 Å². The quantitative estimate of drug-likeness (QED) is 0.122. The fourth-order valence-electron chi connectivity index (χ4n) is 6.92. The lowest BCUT2D eigenvalue weighted by atomic mass is 10.0. The van der Waals surface area contributed by atoms with E-state index < -0.39 is 61.1 Å². The number of aliphatic hydroxyl groups excluding tert-OH is 4. The summed E-state index contributed by atoms with van der Waals surface area (Å²) in [5.41, 5.74) is 7.72. The highest BCUT2D eigenvalue weighted by molar-refractivity contribution is 5.90. The third kappa shape index (κ3) is 12.0. The molecule has 16 heteroatoms. The van der Waals surface area contributed by atoms with Gasteiger partial charge in [-0.15, -0.1) is 0 Å². The van der Waals surface area contributed by atoms with E-state index in [1.807, 2.05) is 24.3 Å². The van der Waals surface area contributed by atoms with E-state index in [-0.39, 0.29) is 0 Å². The fourth-order valence-corrected chi connectivity index (χ4v) is 6.92. The molecular weight excluding hydrogens is 757 g/mol. The number of amides is 4. The van der Waals surface area contributed by atoms with Gasteiger partial charge in [0.25, 0.3) is 0 Å². The summed E-state index contributed by atoms with van der Waals surface area (Å²) >= 11 is 0. The number of aryl methyl sites for hydroxylation is 1. The molecule has 3 aromatic carbocycles. The third-order valence-corrected chi connectivity index (χ3v) is 10.4. The van der Waals surface area contributed by atoms with E-state index in [0.29, 0.717) is 52.4 Å². The van der Waals surface area contributed by atoms with Crippen molar-refractivity contribution in [3.63, 3.8) is 0 Å². The molecule has 4 amide bonds. The fraction of sp³-hybridized carbons (Fsp3) is 0.395. The topological polar surface area (TPSA) is 212 Å². The van der Waals surface area contributed by atoms with Gasteiger partial charge in [-0.05, 0) is 61.7 Å². The molecule has 0 spiro atoms. The number of hydrogen-bond donors (Lipinski definition) is 6. The number of rotatable bonds is 12. The zero-order chi connectivity index (χ0) is 42.5. The maximum atomic E-state index is 12.5. The second kappa shape index (κ2) is 21.2. The standard InChI is InChI=1S/C23H29N3O4.C20H25N5O4/c1-16-4-3-5-19(14-16)18-6-8-20(9-7-18)25-10-12-26(13-11-25)23(30)24-22(17(2)28)21(29)15-27;1-14(27)19(18(28)12-26)23-20(29)25-8-6-24(7-9-25)17-4-2-15(3-5-17)16-10-21-13-22-11-16/h3-9,14,17,22,27-28H,10-13,15H2,1-2H3,(H,24,30);2-5,10-11,13-14,19,26-27H,6-9,12H2,1H3,(H,23,29)/t17-,22+;14-,19+/m11/s1. The van der Waals surface area contributed by atoms with Crippen molar-refractivity contribution in [3.05, 3.63) is 97.1 Å². The lowest BCUT2D eigenvalue weighted by Crippen LogP contribution is -2.57. The van der Waals surface area contributed by atoms with Gasteiger partial charge < -0.3 is 50.7 Å². The van der Waals surface area contributed by atoms with Crippen molar-refractivity contribution in [3.8, 4) is 22.3 Å². The van der Waals surface area contributed by atoms with Gasteiger partial charge in [0, 0.05) is 81.7 Å². The molecule has 2 fully saturated rings. The number of urea groups is 2. The van der Waals surface area contributed by atoms with Gasteiger partial charge in [0.2, 0.25) is 0 Å². The Morgan fingerprint density at radius 1 is 0.593 bits per heavy atom. The minimum absolute atomic E-state index is 0.405. The first-order valence-corrected chi connectivity index (χ1v) is 19.6. The highest BCUT2D eigenvalue weighted by Gasteiger charge is 2.30. The first-order chi connectivity index (χ1) is 28.4. The van der Waals surface area contributed by atoms with Gasteiger partial charge in [0.05, 0.1) is 12.2 Å². The Kier molecular flexibility index (Phi) is 15.9. The van der Waals surface area contributed by atoms with Crippen LogP contribution in [0.2, 0.25) is 0 Å². The van der Waals surface area contributed by atoms with E-state index in [0.717, 1.165) is 28.1 Å². The van der Waals surface area contributed by atoms with E-state index in [2.05, 4.69) is 85.9 Å². The highest BCUT2D eigenvalue weighted by Crippen LogP contribution is 2.25. The number of hydrogen-bond acceptors (Lipinski definition) is 12. The van der Waals surface area contributed by atoms with Crippen LogP contribution >= 0.6 is 0 Å². The Morgan fingerprint density at radius 3 is 1.37 bits per heavy atom. The molecule has 16 nitrogen and oxygen atoms in total. The van der Waals surface area contributed by atoms with Crippen LogP contribution in [0.4, 0.5) is 21.0 Å². The van der Waals surface area contributed by atoms with Gasteiger partial charge in [0.1, 0.15) is 31.6 Å². The van der Waals surface area contributed by atoms with Gasteiger partial charge >= 0.3 is 12.1 Å². The summed E-state index contributed by atoms with van der Waals surface area (Å²) in [6.07, 6.45) is 2.88. The number of carbonyl (C=O) groups is 4. The van der Waals surface area contributed by atoms with Crippen molar-refractivity contribution in [1.82, 2.24) is 30.4 Å². The van der Waals surface area contributed by atoms with Crippen LogP contribution in [0.15, 0.2) is 91.5 Å². The van der Waals surface area contributed by atoms with Gasteiger partial charge in [0.15, 0.2) is 11.6 Å². The average Bonchev–Trinajstić information content (AvgIpc) is 3.27. The number of Topliss-reactive ketones (excluding diaryl/α,β-unsaturated/α-hetero) is 2. The van der Waals surface area contributed by atoms with Gasteiger partial charge in [-0.1, -0.05) is 54.1 Å². The van der Waals surface area contributed by atoms with E-state index in [9.17, 15) is 29.4 Å². The largest absolute Gasteiger partial charge is 0.391 e. The lowest BCUT2D eigenvalue weighted by molar-refractivity contribution is -0.126. The normalized spacial score (nSPS) is 16.2. The smallest absolute Gasteiger partial charge is 0.318 e. The first-order valence-electron chi connectivity index (χ1n) is 19.6. The Labute approximate surface area is 344 Å². The van der Waals surface area contributed by atoms with Crippen LogP contribution in [-0.2, 0) is 9.59 Å². The van der Waals surface area contributed by atoms with Crippen molar-refractivity contribution < 1.29 is 39.6 Å². The molecule has 0 radical (unpaired) electrons. The van der Waals surface area contributed by atoms with Crippen molar-refractivity contribution in [2.24, 2.45) is 0 Å². The average molecular weight is 811 g/mol. The molecule has 0 unspecified atom stereocenters. The Hall–Kier alpha value is -5.94. The first kappa shape index (κ1) is 44.2. The Balaban J connectivity index is 0.000000224. The number of carbonyl (C=O) groups excluding carboxylic acids is 4. The summed E-state index contributed by atoms with van der Waals surface area (Å²) in [5.74, 6) is -1.22. The predicted octanol–water partition coefficient (Wildman–Crippen LogP) is 2.09. The number of nitrogens with one attached hydrogen (secondary N) is 2. The predicted molar refractivity (Wildman–Crippen MR) is 224 cm³/mol. The Morgan fingerprint density at radius 2 is 1.00 bits per heavy atom. The number of benzene rings is 3. The second-order valence-electron chi connectivity index (χ2n) is 14.6. The van der Waals surface area contributed by atoms with Crippen molar-refractivity contribution in [2.45, 2.75) is 45.1 Å². The molecule has 0 saturated carbocycles. The molecule has 2 saturated heterocycles. The van der Waals surface area contributed by atoms with E-state index in [4.69, 9.17) is 10.2 Å². The summed E-state index contributed by atoms with van der Waals surface area (Å²) in [4.78, 5) is 63.9. The molecule has 4 aromatic rings. The molecule has 4 atom stereocenters. The molecule has 314 valence electrons. The number of piperazine rings is 2. The van der Waals surface area contributed by atoms with Crippen molar-refractivity contribution in [2.75, 3.05) is 75.4 Å². The Bertz CT molecular complexity index is 1980. The van der Waals surface area contributed by atoms with Gasteiger partial charge in [-0.2, -0.15) is 0 Å². The van der Waals surface area contributed by atoms with E-state index in [1.54, 1.807) is 22.2 Å². The molecule has 2 aliphatic heterocycles. The number of aromatic nitrogens is 2. The van der Waals surface area contributed by atoms with Crippen LogP contribution in [0.3, 0.4) is 0 Å². The number of nitrogens with zero attached hydrogens (tertiary/aromatic N) is 6. The molecule has 0 aliphatic carbocycles. The number of ketones is 2. The van der Waals surface area contributed by atoms with Crippen molar-refractivity contribution in [1.29, 1.82) is 0 Å². The summed E-state index contributed by atoms with van der Waals surface area (Å²) < 4.78 is 0. The maximum absolute atomic E-state index is 12.5. The van der Waals surface area contributed by atoms with Crippen LogP contribution < -0.4 is 20.4 Å². The summed E-state index contributed by atoms with van der Waals surface area (Å²) in [7, 11) is 0. The zero-order valence-electron chi connectivity index (χ0n) is 33.6. The number of aliphatic hydroxyl groups is 4. The van der Waals surface area contributed by atoms with Crippen LogP contribution in [0.25, 0.3) is 22.3 Å². The highest BCUT2D eigenvalue weighted by atomic mass is 16.3. The molecule has 6 rings (SSSR count). The molecular formula is C43H54N8O8. The lowest BCUT2D eigenvalue weighted by Gasteiger charge is -2.37. The summed E-state index contributed by atoms with van der Waals surface area (Å²) in [6, 6.07) is 21.8. The molecule has 2 aliphatic rings. The summed E-state index contributed by atoms with van der Waals surface area (Å²) in [6.45, 7) is 8.07. The SMILES string of the molecule is C[C@@H](O)[C@H](NC(=O)N1CCN(c2ccc(-c3cncnc3)cc2)CC1)C(=O)CO.Cc1cccc(-c2ccc(N3CCN(C(=O)N[C@H](C(=O)CO)[C@@H](C)O)CC3)cc2)c1. The molecule has 1 aromatic heterocycles. The molecule has 6 N–H and O–H groups in total. The minimum Gasteiger partial charge on any atom is -0.391 e. The molecule has 59 heavy (non-hydrogen) atoms. The van der Waals surface area contributed by atoms with E-state index in [1.165, 1.54) is 31.3 Å². The van der Waals surface area contributed by atoms with Crippen LogP contribution in [0.5, 0.6) is 0 Å². The second-order valence-corrected chi connectivity index (χ2v) is 14.6. The van der Waals surface area contributed by atoms with Crippen LogP contribution in [0.1, 0.15) is 19.4 Å². The van der Waals surface area contributed by atoms with Crippen LogP contribution in [0, 0.1) is 6.92 Å². The molecule has 0 bridgehead atoms. The monoisotopic (exact) mass is 810 g/mol. The van der Waals surface area contributed by atoms with Crippen LogP contribution in [-0.4, -0.2) is 154 Å². The zero-order valence-corrected chi connectivity index (χ0v) is 33.6. The van der Waals surface area contributed by atoms with Gasteiger partial charge in [-0.3, -0.25) is 9.59 Å². The summed E-state index contributed by atoms with van der Waals surface area (Å²) in [5, 5.41) is 42.4. The van der Waals surface area contributed by atoms with E-state index >= 15 is 0 Å². The molecule has 3 heterocycles. The third-order valence-electron chi connectivity index (χ3n) is 10.4. The minimum atomic E-state index is -1.11. The number of anilines is 2. The maximum Gasteiger partial charge on any atom is 0.318 e. The van der Waals surface area contributed by atoms with Crippen molar-refractivity contribution >= 4 is 35.0 Å².